The van der Waals surface area contributed by atoms with Gasteiger partial charge in [0.15, 0.2) is 0 Å². The second kappa shape index (κ2) is 6.25. The fourth-order valence-corrected chi connectivity index (χ4v) is 2.51. The number of ether oxygens (including phenoxy) is 1. The Labute approximate surface area is 122 Å². The number of hydrogen-bond acceptors (Lipinski definition) is 3. The summed E-state index contributed by atoms with van der Waals surface area (Å²) >= 11 is 0. The van der Waals surface area contributed by atoms with E-state index in [0.717, 1.165) is 18.4 Å². The van der Waals surface area contributed by atoms with Crippen LogP contribution in [0.4, 0.5) is 0 Å². The lowest BCUT2D eigenvalue weighted by Gasteiger charge is -2.40. The Kier molecular flexibility index (Phi) is 4.84. The smallest absolute Gasteiger partial charge is 0.0914 e. The molecule has 0 bridgehead atoms. The Balaban J connectivity index is 1.68. The summed E-state index contributed by atoms with van der Waals surface area (Å²) in [4.78, 5) is 0. The summed E-state index contributed by atoms with van der Waals surface area (Å²) < 4.78 is 5.91. The molecule has 1 unspecified atom stereocenters. The molecule has 2 rings (SSSR count). The third-order valence-corrected chi connectivity index (χ3v) is 3.68. The molecule has 0 spiro atoms. The molecule has 1 aromatic rings. The highest BCUT2D eigenvalue weighted by atomic mass is 16.5. The molecular weight excluding hydrogens is 250 g/mol. The van der Waals surface area contributed by atoms with Crippen molar-refractivity contribution >= 4 is 0 Å². The van der Waals surface area contributed by atoms with Gasteiger partial charge in [-0.2, -0.15) is 0 Å². The Bertz CT molecular complexity index is 416. The summed E-state index contributed by atoms with van der Waals surface area (Å²) in [5.41, 5.74) is 2.14. The first-order valence-corrected chi connectivity index (χ1v) is 7.49. The normalized spacial score (nSPS) is 24.2. The lowest BCUT2D eigenvalue weighted by atomic mass is 9.88. The van der Waals surface area contributed by atoms with Crippen LogP contribution in [0.3, 0.4) is 0 Å². The maximum atomic E-state index is 10.1. The van der Waals surface area contributed by atoms with E-state index < -0.39 is 6.10 Å². The molecule has 112 valence electrons. The summed E-state index contributed by atoms with van der Waals surface area (Å²) in [6.07, 6.45) is 2.01. The molecular formula is C17H27NO2. The highest BCUT2D eigenvalue weighted by Crippen LogP contribution is 2.28. The summed E-state index contributed by atoms with van der Waals surface area (Å²) in [6.45, 7) is 8.94. The van der Waals surface area contributed by atoms with Crippen LogP contribution >= 0.6 is 0 Å². The monoisotopic (exact) mass is 277 g/mol. The van der Waals surface area contributed by atoms with Crippen LogP contribution in [0.15, 0.2) is 24.3 Å². The standard InChI is InChI=1S/C17H27NO2/c1-12-5-7-13(8-6-12)16(19)11-18-14-9-15(10-14)20-17(2,3)4/h5-8,14-16,18-19H,9-11H2,1-4H3. The van der Waals surface area contributed by atoms with Crippen molar-refractivity contribution in [3.8, 4) is 0 Å². The predicted molar refractivity (Wildman–Crippen MR) is 81.8 cm³/mol. The van der Waals surface area contributed by atoms with Crippen LogP contribution < -0.4 is 5.32 Å². The number of benzene rings is 1. The van der Waals surface area contributed by atoms with Crippen molar-refractivity contribution in [3.63, 3.8) is 0 Å². The first kappa shape index (κ1) is 15.5. The van der Waals surface area contributed by atoms with Gasteiger partial charge in [0.05, 0.1) is 17.8 Å². The maximum absolute atomic E-state index is 10.1. The van der Waals surface area contributed by atoms with Gasteiger partial charge in [0, 0.05) is 12.6 Å². The molecule has 1 fully saturated rings. The molecule has 1 atom stereocenters. The van der Waals surface area contributed by atoms with Gasteiger partial charge in [0.25, 0.3) is 0 Å². The van der Waals surface area contributed by atoms with Gasteiger partial charge >= 0.3 is 0 Å². The number of rotatable bonds is 5. The van der Waals surface area contributed by atoms with Gasteiger partial charge in [-0.15, -0.1) is 0 Å². The van der Waals surface area contributed by atoms with Crippen LogP contribution in [0.1, 0.15) is 50.8 Å². The average Bonchev–Trinajstić information content (AvgIpc) is 2.31. The van der Waals surface area contributed by atoms with E-state index in [1.165, 1.54) is 5.56 Å². The Morgan fingerprint density at radius 3 is 2.40 bits per heavy atom. The van der Waals surface area contributed by atoms with E-state index in [4.69, 9.17) is 4.74 Å². The number of nitrogens with one attached hydrogen (secondary N) is 1. The van der Waals surface area contributed by atoms with Crippen molar-refractivity contribution in [2.24, 2.45) is 0 Å². The maximum Gasteiger partial charge on any atom is 0.0914 e. The molecule has 2 N–H and O–H groups in total. The van der Waals surface area contributed by atoms with Crippen molar-refractivity contribution in [1.29, 1.82) is 0 Å². The second-order valence-electron chi connectivity index (χ2n) is 6.86. The molecule has 20 heavy (non-hydrogen) atoms. The number of aliphatic hydroxyl groups excluding tert-OH is 1. The molecule has 0 aliphatic heterocycles. The van der Waals surface area contributed by atoms with Crippen molar-refractivity contribution < 1.29 is 9.84 Å². The van der Waals surface area contributed by atoms with Gasteiger partial charge in [-0.3, -0.25) is 0 Å². The van der Waals surface area contributed by atoms with Crippen LogP contribution in [-0.4, -0.2) is 29.4 Å². The third kappa shape index (κ3) is 4.58. The van der Waals surface area contributed by atoms with Gasteiger partial charge < -0.3 is 15.2 Å². The second-order valence-corrected chi connectivity index (χ2v) is 6.86. The fourth-order valence-electron chi connectivity index (χ4n) is 2.51. The average molecular weight is 277 g/mol. The first-order valence-electron chi connectivity index (χ1n) is 7.49. The topological polar surface area (TPSA) is 41.5 Å². The highest BCUT2D eigenvalue weighted by Gasteiger charge is 2.32. The lowest BCUT2D eigenvalue weighted by molar-refractivity contribution is -0.103. The molecule has 0 saturated heterocycles. The van der Waals surface area contributed by atoms with Gasteiger partial charge in [-0.05, 0) is 46.1 Å². The van der Waals surface area contributed by atoms with Crippen LogP contribution in [0.5, 0.6) is 0 Å². The van der Waals surface area contributed by atoms with E-state index in [1.807, 2.05) is 24.3 Å². The zero-order valence-electron chi connectivity index (χ0n) is 13.0. The van der Waals surface area contributed by atoms with E-state index in [1.54, 1.807) is 0 Å². The number of aliphatic hydroxyl groups is 1. The minimum atomic E-state index is -0.432. The summed E-state index contributed by atoms with van der Waals surface area (Å²) in [6, 6.07) is 8.54. The highest BCUT2D eigenvalue weighted by molar-refractivity contribution is 5.23. The SMILES string of the molecule is Cc1ccc(C(O)CNC2CC(OC(C)(C)C)C2)cc1. The first-order chi connectivity index (χ1) is 9.33. The van der Waals surface area contributed by atoms with E-state index in [9.17, 15) is 5.11 Å². The van der Waals surface area contributed by atoms with Crippen molar-refractivity contribution in [2.45, 2.75) is 64.4 Å². The zero-order valence-corrected chi connectivity index (χ0v) is 13.0. The van der Waals surface area contributed by atoms with Crippen molar-refractivity contribution in [3.05, 3.63) is 35.4 Å². The Morgan fingerprint density at radius 2 is 1.85 bits per heavy atom. The van der Waals surface area contributed by atoms with E-state index in [0.29, 0.717) is 18.7 Å². The molecule has 1 aromatic carbocycles. The van der Waals surface area contributed by atoms with Gasteiger partial charge in [-0.1, -0.05) is 29.8 Å². The lowest BCUT2D eigenvalue weighted by Crippen LogP contribution is -2.48. The van der Waals surface area contributed by atoms with E-state index in [-0.39, 0.29) is 5.60 Å². The van der Waals surface area contributed by atoms with Gasteiger partial charge in [0.1, 0.15) is 0 Å². The minimum absolute atomic E-state index is 0.0585. The Hall–Kier alpha value is -0.900. The quantitative estimate of drug-likeness (QED) is 0.869. The molecule has 0 amide bonds. The predicted octanol–water partition coefficient (Wildman–Crippen LogP) is 2.96. The summed E-state index contributed by atoms with van der Waals surface area (Å²) in [5, 5.41) is 13.6. The van der Waals surface area contributed by atoms with Crippen molar-refractivity contribution in [1.82, 2.24) is 5.32 Å². The summed E-state index contributed by atoms with van der Waals surface area (Å²) in [7, 11) is 0. The Morgan fingerprint density at radius 1 is 1.25 bits per heavy atom. The van der Waals surface area contributed by atoms with Crippen LogP contribution in [-0.2, 0) is 4.74 Å². The summed E-state index contributed by atoms with van der Waals surface area (Å²) in [5.74, 6) is 0. The van der Waals surface area contributed by atoms with Crippen LogP contribution in [0, 0.1) is 6.92 Å². The van der Waals surface area contributed by atoms with Crippen LogP contribution in [0.2, 0.25) is 0 Å². The molecule has 0 radical (unpaired) electrons. The third-order valence-electron chi connectivity index (χ3n) is 3.68. The van der Waals surface area contributed by atoms with Crippen molar-refractivity contribution in [2.75, 3.05) is 6.54 Å². The molecule has 0 aromatic heterocycles. The minimum Gasteiger partial charge on any atom is -0.387 e. The fraction of sp³-hybridized carbons (Fsp3) is 0.647. The largest absolute Gasteiger partial charge is 0.387 e. The van der Waals surface area contributed by atoms with Gasteiger partial charge in [-0.25, -0.2) is 0 Å². The van der Waals surface area contributed by atoms with E-state index >= 15 is 0 Å². The number of hydrogen-bond donors (Lipinski definition) is 2. The molecule has 0 heterocycles. The molecule has 1 saturated carbocycles. The van der Waals surface area contributed by atoms with E-state index in [2.05, 4.69) is 33.0 Å². The molecule has 3 heteroatoms. The molecule has 1 aliphatic carbocycles. The molecule has 3 nitrogen and oxygen atoms in total. The number of aryl methyl sites for hydroxylation is 1. The zero-order chi connectivity index (χ0) is 14.8. The van der Waals surface area contributed by atoms with Crippen LogP contribution in [0.25, 0.3) is 0 Å². The molecule has 1 aliphatic rings. The van der Waals surface area contributed by atoms with Gasteiger partial charge in [0.2, 0.25) is 0 Å².